The summed E-state index contributed by atoms with van der Waals surface area (Å²) in [6.07, 6.45) is 1.77. The zero-order valence-electron chi connectivity index (χ0n) is 19.4. The highest BCUT2D eigenvalue weighted by molar-refractivity contribution is 9.10. The molecule has 0 bridgehead atoms. The molecule has 2 N–H and O–H groups in total. The van der Waals surface area contributed by atoms with Crippen molar-refractivity contribution in [3.8, 4) is 5.69 Å². The first-order valence-corrected chi connectivity index (χ1v) is 12.5. The topological polar surface area (TPSA) is 117 Å². The van der Waals surface area contributed by atoms with Crippen LogP contribution < -0.4 is 5.32 Å². The van der Waals surface area contributed by atoms with E-state index < -0.39 is 29.6 Å². The van der Waals surface area contributed by atoms with Crippen LogP contribution in [0.5, 0.6) is 0 Å². The van der Waals surface area contributed by atoms with Crippen molar-refractivity contribution in [3.05, 3.63) is 105 Å². The van der Waals surface area contributed by atoms with Crippen molar-refractivity contribution in [1.29, 1.82) is 0 Å². The summed E-state index contributed by atoms with van der Waals surface area (Å²) >= 11 is 9.40. The molecule has 0 aliphatic carbocycles. The fraction of sp³-hybridized carbons (Fsp3) is 0.115. The van der Waals surface area contributed by atoms with E-state index in [9.17, 15) is 18.8 Å². The summed E-state index contributed by atoms with van der Waals surface area (Å²) in [5.74, 6) is -2.85. The maximum absolute atomic E-state index is 14.5. The third-order valence-electron chi connectivity index (χ3n) is 6.16. The van der Waals surface area contributed by atoms with Gasteiger partial charge in [0, 0.05) is 16.7 Å². The molecule has 3 aromatic carbocycles. The second-order valence-electron chi connectivity index (χ2n) is 8.45. The number of carboxylic acids is 1. The highest BCUT2D eigenvalue weighted by Gasteiger charge is 2.38. The lowest BCUT2D eigenvalue weighted by Gasteiger charge is -2.36. The van der Waals surface area contributed by atoms with Gasteiger partial charge in [0.1, 0.15) is 11.7 Å². The first-order valence-electron chi connectivity index (χ1n) is 11.3. The van der Waals surface area contributed by atoms with Gasteiger partial charge in [0.15, 0.2) is 11.5 Å². The lowest BCUT2D eigenvalue weighted by Crippen LogP contribution is -2.45. The summed E-state index contributed by atoms with van der Waals surface area (Å²) in [6.45, 7) is 0.211. The zero-order chi connectivity index (χ0) is 27.0. The van der Waals surface area contributed by atoms with E-state index in [1.165, 1.54) is 47.5 Å². The average Bonchev–Trinajstić information content (AvgIpc) is 3.40. The second-order valence-corrected chi connectivity index (χ2v) is 9.71. The van der Waals surface area contributed by atoms with Crippen molar-refractivity contribution in [2.75, 3.05) is 11.9 Å². The summed E-state index contributed by atoms with van der Waals surface area (Å²) < 4.78 is 16.4. The number of carboxylic acid groups (broad SMARTS) is 1. The zero-order valence-corrected chi connectivity index (χ0v) is 21.8. The molecular weight excluding hydrogens is 581 g/mol. The standard InChI is InChI=1S/C26H18BrClFN5O4/c27-18-4-1-3-17-16(18)11-12-33(23(17)24(35)30-15-9-7-14(8-10-15)26(37)38)25(36)20-13-34(32-31-20)21-6-2-5-19(28)22(21)29/h1-10,13,23H,11-12H2,(H,30,35)(H,37,38). The Balaban J connectivity index is 1.48. The number of aromatic carboxylic acids is 1. The number of benzene rings is 3. The van der Waals surface area contributed by atoms with Crippen LogP contribution >= 0.6 is 27.5 Å². The Kier molecular flexibility index (Phi) is 6.96. The molecule has 192 valence electrons. The fourth-order valence-electron chi connectivity index (χ4n) is 4.33. The molecular formula is C26H18BrClFN5O4. The molecule has 0 saturated heterocycles. The third-order valence-corrected chi connectivity index (χ3v) is 7.20. The molecule has 1 unspecified atom stereocenters. The number of hydrogen-bond acceptors (Lipinski definition) is 5. The van der Waals surface area contributed by atoms with Crippen molar-refractivity contribution in [1.82, 2.24) is 19.9 Å². The summed E-state index contributed by atoms with van der Waals surface area (Å²) in [5.41, 5.74) is 1.92. The van der Waals surface area contributed by atoms with Crippen molar-refractivity contribution in [2.24, 2.45) is 0 Å². The van der Waals surface area contributed by atoms with E-state index in [0.717, 1.165) is 14.7 Å². The highest BCUT2D eigenvalue weighted by Crippen LogP contribution is 2.35. The number of carbonyl (C=O) groups is 3. The molecule has 1 atom stereocenters. The number of rotatable bonds is 5. The highest BCUT2D eigenvalue weighted by atomic mass is 79.9. The predicted molar refractivity (Wildman–Crippen MR) is 140 cm³/mol. The molecule has 2 amide bonds. The Labute approximate surface area is 229 Å². The normalized spacial score (nSPS) is 14.6. The van der Waals surface area contributed by atoms with E-state index in [0.29, 0.717) is 17.7 Å². The van der Waals surface area contributed by atoms with Gasteiger partial charge in [-0.1, -0.05) is 50.9 Å². The van der Waals surface area contributed by atoms with Gasteiger partial charge in [-0.05, 0) is 60.0 Å². The van der Waals surface area contributed by atoms with Crippen LogP contribution in [0.3, 0.4) is 0 Å². The first kappa shape index (κ1) is 25.6. The van der Waals surface area contributed by atoms with Crippen LogP contribution in [0.25, 0.3) is 5.69 Å². The lowest BCUT2D eigenvalue weighted by molar-refractivity contribution is -0.121. The first-order chi connectivity index (χ1) is 18.2. The van der Waals surface area contributed by atoms with Gasteiger partial charge in [0.05, 0.1) is 16.8 Å². The van der Waals surface area contributed by atoms with Gasteiger partial charge in [-0.15, -0.1) is 5.10 Å². The van der Waals surface area contributed by atoms with Gasteiger partial charge in [0.25, 0.3) is 11.8 Å². The van der Waals surface area contributed by atoms with Gasteiger partial charge in [-0.2, -0.15) is 0 Å². The Morgan fingerprint density at radius 3 is 2.55 bits per heavy atom. The summed E-state index contributed by atoms with van der Waals surface area (Å²) in [4.78, 5) is 39.7. The number of hydrogen-bond donors (Lipinski definition) is 2. The number of carbonyl (C=O) groups excluding carboxylic acids is 2. The molecule has 0 saturated carbocycles. The third kappa shape index (κ3) is 4.77. The molecule has 2 heterocycles. The van der Waals surface area contributed by atoms with E-state index in [1.54, 1.807) is 18.2 Å². The minimum Gasteiger partial charge on any atom is -0.478 e. The molecule has 0 fully saturated rings. The maximum atomic E-state index is 14.5. The van der Waals surface area contributed by atoms with Crippen LogP contribution in [-0.2, 0) is 11.2 Å². The van der Waals surface area contributed by atoms with Gasteiger partial charge >= 0.3 is 5.97 Å². The van der Waals surface area contributed by atoms with Crippen LogP contribution in [0.4, 0.5) is 10.1 Å². The number of nitrogens with one attached hydrogen (secondary N) is 1. The number of nitrogens with zero attached hydrogens (tertiary/aromatic N) is 4. The number of fused-ring (bicyclic) bond motifs is 1. The van der Waals surface area contributed by atoms with E-state index in [-0.39, 0.29) is 28.5 Å². The smallest absolute Gasteiger partial charge is 0.335 e. The minimum absolute atomic E-state index is 0.0241. The lowest BCUT2D eigenvalue weighted by atomic mass is 9.91. The average molecular weight is 599 g/mol. The van der Waals surface area contributed by atoms with Gasteiger partial charge < -0.3 is 15.3 Å². The summed E-state index contributed by atoms with van der Waals surface area (Å²) in [7, 11) is 0. The maximum Gasteiger partial charge on any atom is 0.335 e. The van der Waals surface area contributed by atoms with E-state index in [1.807, 2.05) is 6.07 Å². The Morgan fingerprint density at radius 2 is 1.82 bits per heavy atom. The quantitative estimate of drug-likeness (QED) is 0.338. The number of aromatic nitrogens is 3. The SMILES string of the molecule is O=C(O)c1ccc(NC(=O)C2c3cccc(Br)c3CCN2C(=O)c2cn(-c3cccc(Cl)c3F)nn2)cc1. The second kappa shape index (κ2) is 10.3. The Hall–Kier alpha value is -4.09. The monoisotopic (exact) mass is 597 g/mol. The van der Waals surface area contributed by atoms with E-state index in [2.05, 4.69) is 31.6 Å². The molecule has 0 radical (unpaired) electrons. The summed E-state index contributed by atoms with van der Waals surface area (Å²) in [6, 6.07) is 14.5. The number of anilines is 1. The molecule has 0 spiro atoms. The van der Waals surface area contributed by atoms with Crippen molar-refractivity contribution >= 4 is 51.0 Å². The number of amides is 2. The largest absolute Gasteiger partial charge is 0.478 e. The molecule has 38 heavy (non-hydrogen) atoms. The number of halogens is 3. The van der Waals surface area contributed by atoms with Crippen LogP contribution in [0, 0.1) is 5.82 Å². The fourth-order valence-corrected chi connectivity index (χ4v) is 5.08. The minimum atomic E-state index is -1.09. The molecule has 1 aliphatic heterocycles. The van der Waals surface area contributed by atoms with Crippen molar-refractivity contribution in [2.45, 2.75) is 12.5 Å². The molecule has 1 aliphatic rings. The van der Waals surface area contributed by atoms with Crippen LogP contribution in [-0.4, -0.2) is 49.3 Å². The van der Waals surface area contributed by atoms with Crippen LogP contribution in [0.1, 0.15) is 38.0 Å². The van der Waals surface area contributed by atoms with Gasteiger partial charge in [-0.25, -0.2) is 13.9 Å². The Morgan fingerprint density at radius 1 is 1.08 bits per heavy atom. The molecule has 12 heteroatoms. The predicted octanol–water partition coefficient (Wildman–Crippen LogP) is 4.90. The van der Waals surface area contributed by atoms with Crippen molar-refractivity contribution in [3.63, 3.8) is 0 Å². The molecule has 9 nitrogen and oxygen atoms in total. The van der Waals surface area contributed by atoms with E-state index >= 15 is 0 Å². The molecule has 4 aromatic rings. The summed E-state index contributed by atoms with van der Waals surface area (Å²) in [5, 5.41) is 19.6. The molecule has 5 rings (SSSR count). The van der Waals surface area contributed by atoms with E-state index in [4.69, 9.17) is 16.7 Å². The van der Waals surface area contributed by atoms with Crippen molar-refractivity contribution < 1.29 is 23.9 Å². The Bertz CT molecular complexity index is 1580. The van der Waals surface area contributed by atoms with Gasteiger partial charge in [-0.3, -0.25) is 9.59 Å². The van der Waals surface area contributed by atoms with Crippen LogP contribution in [0.2, 0.25) is 5.02 Å². The van der Waals surface area contributed by atoms with Crippen LogP contribution in [0.15, 0.2) is 71.3 Å². The molecule has 1 aromatic heterocycles. The van der Waals surface area contributed by atoms with Gasteiger partial charge in [0.2, 0.25) is 0 Å².